The Hall–Kier alpha value is -2.46. The molecule has 2 amide bonds. The summed E-state index contributed by atoms with van der Waals surface area (Å²) in [5, 5.41) is 0. The summed E-state index contributed by atoms with van der Waals surface area (Å²) in [6.45, 7) is 6.41. The van der Waals surface area contributed by atoms with Gasteiger partial charge in [0.2, 0.25) is 0 Å². The molecule has 0 saturated carbocycles. The third kappa shape index (κ3) is 5.91. The van der Waals surface area contributed by atoms with Crippen molar-refractivity contribution in [3.63, 3.8) is 0 Å². The van der Waals surface area contributed by atoms with Gasteiger partial charge in [0.1, 0.15) is 0 Å². The average Bonchev–Trinajstić information content (AvgIpc) is 3.79. The Morgan fingerprint density at radius 1 is 0.756 bits per heavy atom. The summed E-state index contributed by atoms with van der Waals surface area (Å²) in [4.78, 5) is 34.9. The number of imide groups is 1. The zero-order valence-corrected chi connectivity index (χ0v) is 28.8. The van der Waals surface area contributed by atoms with Gasteiger partial charge in [-0.2, -0.15) is 0 Å². The number of nitrogens with zero attached hydrogens (tertiary/aromatic N) is 1. The van der Waals surface area contributed by atoms with Gasteiger partial charge in [0.05, 0.1) is 0 Å². The van der Waals surface area contributed by atoms with Crippen LogP contribution in [-0.4, -0.2) is 52.3 Å². The van der Waals surface area contributed by atoms with E-state index in [9.17, 15) is 9.59 Å². The van der Waals surface area contributed by atoms with Gasteiger partial charge in [0.15, 0.2) is 0 Å². The number of thiophene rings is 3. The fraction of sp³-hybridized carbons (Fsp3) is 0.212. The van der Waals surface area contributed by atoms with Crippen LogP contribution in [0.1, 0.15) is 65.5 Å². The molecule has 6 heterocycles. The summed E-state index contributed by atoms with van der Waals surface area (Å²) >= 11 is 5.77. The molecule has 8 heteroatoms. The van der Waals surface area contributed by atoms with Crippen molar-refractivity contribution < 1.29 is 9.59 Å². The second kappa shape index (κ2) is 12.4. The van der Waals surface area contributed by atoms with Gasteiger partial charge in [-0.25, -0.2) is 0 Å². The number of hydrogen-bond acceptors (Lipinski definition) is 5. The van der Waals surface area contributed by atoms with E-state index in [0.29, 0.717) is 32.2 Å². The van der Waals surface area contributed by atoms with Crippen LogP contribution in [0.25, 0.3) is 40.5 Å². The van der Waals surface area contributed by atoms with Crippen molar-refractivity contribution in [2.75, 3.05) is 6.54 Å². The first-order valence-corrected chi connectivity index (χ1v) is 19.2. The topological polar surface area (TPSA) is 37.4 Å². The maximum atomic E-state index is 13.4. The summed E-state index contributed by atoms with van der Waals surface area (Å²) in [5.74, 6) is 5.67. The molecule has 3 nitrogen and oxygen atoms in total. The van der Waals surface area contributed by atoms with E-state index < -0.39 is 0 Å². The van der Waals surface area contributed by atoms with Crippen molar-refractivity contribution in [1.82, 2.24) is 4.90 Å². The first-order valence-electron chi connectivity index (χ1n) is 13.4. The van der Waals surface area contributed by atoms with E-state index in [-0.39, 0.29) is 26.3 Å². The van der Waals surface area contributed by atoms with Crippen LogP contribution in [0.3, 0.4) is 0 Å². The van der Waals surface area contributed by atoms with Gasteiger partial charge in [0, 0.05) is 0 Å². The zero-order chi connectivity index (χ0) is 28.5. The molecule has 1 aliphatic rings. The van der Waals surface area contributed by atoms with Crippen LogP contribution in [0.2, 0.25) is 0 Å². The predicted molar refractivity (Wildman–Crippen MR) is 178 cm³/mol. The van der Waals surface area contributed by atoms with E-state index in [1.807, 2.05) is 25.2 Å². The molecule has 5 aromatic heterocycles. The van der Waals surface area contributed by atoms with Crippen LogP contribution in [0.5, 0.6) is 0 Å². The monoisotopic (exact) mass is 725 g/mol. The summed E-state index contributed by atoms with van der Waals surface area (Å²) in [7, 11) is 0. The second-order valence-electron chi connectivity index (χ2n) is 9.69. The molecule has 0 aromatic carbocycles. The first-order chi connectivity index (χ1) is 19.9. The van der Waals surface area contributed by atoms with Crippen molar-refractivity contribution in [1.29, 1.82) is 0 Å². The predicted octanol–water partition coefficient (Wildman–Crippen LogP) is 8.56. The Labute approximate surface area is 264 Å². The SMILES string of the molecule is CC#CCCCCN1C(=O)c2c(C)sc(-c3ccc(-c4ccc(/C=C/c5ccc(-c6ccc(C)s6)[se]5)[se]4)s3)c2C1=O. The van der Waals surface area contributed by atoms with Crippen molar-refractivity contribution in [3.8, 4) is 40.2 Å². The average molecular weight is 724 g/mol. The van der Waals surface area contributed by atoms with Crippen LogP contribution in [0.4, 0.5) is 0 Å². The zero-order valence-electron chi connectivity index (χ0n) is 22.9. The quantitative estimate of drug-likeness (QED) is 0.0662. The van der Waals surface area contributed by atoms with Gasteiger partial charge in [-0.15, -0.1) is 11.8 Å². The van der Waals surface area contributed by atoms with Crippen molar-refractivity contribution in [3.05, 3.63) is 78.3 Å². The van der Waals surface area contributed by atoms with E-state index in [4.69, 9.17) is 0 Å². The third-order valence-electron chi connectivity index (χ3n) is 6.83. The number of carbonyl (C=O) groups excluding carboxylic acids is 2. The molecule has 0 radical (unpaired) electrons. The third-order valence-corrected chi connectivity index (χ3v) is 15.4. The molecule has 41 heavy (non-hydrogen) atoms. The molecule has 0 bridgehead atoms. The standard InChI is InChI=1S/C33H27NO2S3Se2/c1-4-5-6-7-8-19-34-32(35)29-21(3)38-31(30(29)33(34)36)26-16-15-25(39-26)28-18-13-23(41-28)11-10-22-12-17-27(40-22)24-14-9-20(2)37-24/h9-18H,6-8,19H2,1-3H3/b11-10+. The molecule has 6 rings (SSSR count). The molecule has 206 valence electrons. The van der Waals surface area contributed by atoms with E-state index in [1.165, 1.54) is 37.3 Å². The van der Waals surface area contributed by atoms with Gasteiger partial charge >= 0.3 is 248 Å². The normalized spacial score (nSPS) is 12.9. The molecule has 0 atom stereocenters. The Morgan fingerprint density at radius 3 is 2.05 bits per heavy atom. The maximum absolute atomic E-state index is 13.4. The number of carbonyl (C=O) groups is 2. The van der Waals surface area contributed by atoms with E-state index in [0.717, 1.165) is 33.9 Å². The van der Waals surface area contributed by atoms with E-state index >= 15 is 0 Å². The Morgan fingerprint density at radius 2 is 1.39 bits per heavy atom. The first kappa shape index (κ1) is 28.6. The molecule has 0 saturated heterocycles. The molecular formula is C33H27NO2S3Se2. The van der Waals surface area contributed by atoms with Crippen LogP contribution >= 0.6 is 34.0 Å². The Balaban J connectivity index is 1.17. The number of unbranched alkanes of at least 4 members (excludes halogenated alkanes) is 2. The second-order valence-corrected chi connectivity index (χ2v) is 18.0. The van der Waals surface area contributed by atoms with Gasteiger partial charge in [-0.05, 0) is 6.92 Å². The number of hydrogen-bond donors (Lipinski definition) is 0. The molecule has 0 fully saturated rings. The molecule has 1 aliphatic heterocycles. The fourth-order valence-electron chi connectivity index (χ4n) is 4.83. The summed E-state index contributed by atoms with van der Waals surface area (Å²) in [5.41, 5.74) is 1.20. The van der Waals surface area contributed by atoms with Crippen LogP contribution < -0.4 is 0 Å². The van der Waals surface area contributed by atoms with Crippen molar-refractivity contribution in [2.24, 2.45) is 0 Å². The fourth-order valence-corrected chi connectivity index (χ4v) is 12.2. The van der Waals surface area contributed by atoms with E-state index in [2.05, 4.69) is 79.4 Å². The molecule has 0 N–H and O–H groups in total. The molecule has 0 spiro atoms. The number of amides is 2. The van der Waals surface area contributed by atoms with Gasteiger partial charge in [-0.1, -0.05) is 0 Å². The minimum atomic E-state index is -0.144. The number of aryl methyl sites for hydroxylation is 2. The van der Waals surface area contributed by atoms with Crippen molar-refractivity contribution in [2.45, 2.75) is 40.0 Å². The minimum absolute atomic E-state index is 0.141. The van der Waals surface area contributed by atoms with E-state index in [1.54, 1.807) is 22.7 Å². The van der Waals surface area contributed by atoms with Gasteiger partial charge in [-0.3, -0.25) is 0 Å². The molecule has 0 unspecified atom stereocenters. The van der Waals surface area contributed by atoms with Crippen LogP contribution in [-0.2, 0) is 0 Å². The number of fused-ring (bicyclic) bond motifs is 1. The summed E-state index contributed by atoms with van der Waals surface area (Å²) in [6, 6.07) is 17.7. The summed E-state index contributed by atoms with van der Waals surface area (Å²) in [6.07, 6.45) is 7.04. The molecule has 5 aromatic rings. The van der Waals surface area contributed by atoms with Gasteiger partial charge in [0.25, 0.3) is 0 Å². The number of rotatable bonds is 9. The summed E-state index contributed by atoms with van der Waals surface area (Å²) < 4.78 is 5.60. The Kier molecular flexibility index (Phi) is 8.67. The van der Waals surface area contributed by atoms with Crippen molar-refractivity contribution >= 4 is 87.0 Å². The Bertz CT molecular complexity index is 1850. The van der Waals surface area contributed by atoms with Crippen LogP contribution in [0.15, 0.2) is 48.5 Å². The van der Waals surface area contributed by atoms with Gasteiger partial charge < -0.3 is 0 Å². The molecular weight excluding hydrogens is 696 g/mol. The van der Waals surface area contributed by atoms with Crippen LogP contribution in [0, 0.1) is 25.7 Å². The molecule has 0 aliphatic carbocycles.